The van der Waals surface area contributed by atoms with E-state index in [1.165, 1.54) is 11.3 Å². The highest BCUT2D eigenvalue weighted by Crippen LogP contribution is 2.22. The summed E-state index contributed by atoms with van der Waals surface area (Å²) in [6.45, 7) is 1.56. The highest BCUT2D eigenvalue weighted by Gasteiger charge is 2.24. The van der Waals surface area contributed by atoms with Crippen LogP contribution in [0.3, 0.4) is 0 Å². The first kappa shape index (κ1) is 15.1. The Morgan fingerprint density at radius 3 is 3.23 bits per heavy atom. The molecule has 1 atom stereocenters. The van der Waals surface area contributed by atoms with Gasteiger partial charge in [0.2, 0.25) is 5.91 Å². The van der Waals surface area contributed by atoms with Crippen LogP contribution in [-0.4, -0.2) is 53.9 Å². The Hall–Kier alpha value is -1.83. The van der Waals surface area contributed by atoms with E-state index in [1.54, 1.807) is 18.2 Å². The molecule has 1 aliphatic heterocycles. The van der Waals surface area contributed by atoms with Crippen molar-refractivity contribution in [2.75, 3.05) is 26.8 Å². The average Bonchev–Trinajstić information content (AvgIpc) is 3.04. The number of rotatable bonds is 4. The Bertz CT molecular complexity index is 632. The number of amides is 1. The summed E-state index contributed by atoms with van der Waals surface area (Å²) in [5, 5.41) is 2.75. The zero-order valence-electron chi connectivity index (χ0n) is 12.3. The Labute approximate surface area is 132 Å². The van der Waals surface area contributed by atoms with Gasteiger partial charge in [-0.3, -0.25) is 9.78 Å². The van der Waals surface area contributed by atoms with Crippen LogP contribution in [0.5, 0.6) is 0 Å². The zero-order valence-corrected chi connectivity index (χ0v) is 13.1. The number of thiazole rings is 1. The number of carbonyl (C=O) groups excluding carboxylic acids is 1. The number of ether oxygens (including phenoxy) is 2. The average molecular weight is 319 g/mol. The molecule has 0 N–H and O–H groups in total. The summed E-state index contributed by atoms with van der Waals surface area (Å²) < 4.78 is 10.5. The second kappa shape index (κ2) is 6.95. The van der Waals surface area contributed by atoms with Crippen molar-refractivity contribution in [1.29, 1.82) is 0 Å². The number of aromatic nitrogens is 2. The summed E-state index contributed by atoms with van der Waals surface area (Å²) in [5.41, 5.74) is 1.60. The quantitative estimate of drug-likeness (QED) is 0.856. The van der Waals surface area contributed by atoms with Gasteiger partial charge < -0.3 is 14.4 Å². The predicted molar refractivity (Wildman–Crippen MR) is 82.4 cm³/mol. The number of morpholine rings is 1. The standard InChI is InChI=1S/C15H17N3O3S/c1-20-14-9-18(6-7-21-14)13(19)8-11-10-22-15(17-11)12-4-2-3-5-16-12/h2-5,10,14H,6-9H2,1H3/t14-/m1/s1. The van der Waals surface area contributed by atoms with Gasteiger partial charge in [0.1, 0.15) is 5.01 Å². The van der Waals surface area contributed by atoms with Crippen molar-refractivity contribution in [3.05, 3.63) is 35.5 Å². The zero-order chi connectivity index (χ0) is 15.4. The number of hydrogen-bond acceptors (Lipinski definition) is 6. The van der Waals surface area contributed by atoms with Crippen LogP contribution in [0.4, 0.5) is 0 Å². The van der Waals surface area contributed by atoms with Crippen LogP contribution >= 0.6 is 11.3 Å². The van der Waals surface area contributed by atoms with Crippen molar-refractivity contribution >= 4 is 17.2 Å². The summed E-state index contributed by atoms with van der Waals surface area (Å²) in [7, 11) is 1.58. The lowest BCUT2D eigenvalue weighted by Gasteiger charge is -2.31. The first-order valence-corrected chi connectivity index (χ1v) is 7.92. The van der Waals surface area contributed by atoms with Crippen LogP contribution in [0.25, 0.3) is 10.7 Å². The fourth-order valence-electron chi connectivity index (χ4n) is 2.25. The molecule has 1 fully saturated rings. The van der Waals surface area contributed by atoms with Crippen molar-refractivity contribution in [3.8, 4) is 10.7 Å². The summed E-state index contributed by atoms with van der Waals surface area (Å²) >= 11 is 1.50. The van der Waals surface area contributed by atoms with Gasteiger partial charge in [-0.1, -0.05) is 6.07 Å². The molecule has 1 amide bonds. The van der Waals surface area contributed by atoms with Gasteiger partial charge in [-0.15, -0.1) is 11.3 Å². The molecule has 2 aromatic heterocycles. The van der Waals surface area contributed by atoms with Gasteiger partial charge >= 0.3 is 0 Å². The maximum atomic E-state index is 12.3. The molecule has 3 rings (SSSR count). The number of pyridine rings is 1. The number of methoxy groups -OCH3 is 1. The van der Waals surface area contributed by atoms with Crippen LogP contribution < -0.4 is 0 Å². The normalized spacial score (nSPS) is 18.4. The molecule has 22 heavy (non-hydrogen) atoms. The topological polar surface area (TPSA) is 64.5 Å². The Kier molecular flexibility index (Phi) is 4.77. The van der Waals surface area contributed by atoms with Gasteiger partial charge in [-0.05, 0) is 12.1 Å². The molecule has 0 aliphatic carbocycles. The second-order valence-corrected chi connectivity index (χ2v) is 5.77. The minimum absolute atomic E-state index is 0.0446. The number of hydrogen-bond donors (Lipinski definition) is 0. The molecule has 7 heteroatoms. The molecule has 116 valence electrons. The molecule has 1 aliphatic rings. The molecule has 0 aromatic carbocycles. The maximum Gasteiger partial charge on any atom is 0.228 e. The van der Waals surface area contributed by atoms with Crippen molar-refractivity contribution in [2.45, 2.75) is 12.7 Å². The third kappa shape index (κ3) is 3.49. The van der Waals surface area contributed by atoms with E-state index in [4.69, 9.17) is 9.47 Å². The van der Waals surface area contributed by atoms with E-state index in [2.05, 4.69) is 9.97 Å². The van der Waals surface area contributed by atoms with E-state index in [9.17, 15) is 4.79 Å². The van der Waals surface area contributed by atoms with Gasteiger partial charge in [0.15, 0.2) is 6.29 Å². The van der Waals surface area contributed by atoms with E-state index in [1.807, 2.05) is 23.6 Å². The van der Waals surface area contributed by atoms with Crippen LogP contribution in [0.2, 0.25) is 0 Å². The van der Waals surface area contributed by atoms with Crippen LogP contribution in [0, 0.1) is 0 Å². The SMILES string of the molecule is CO[C@H]1CN(C(=O)Cc2csc(-c3ccccn3)n2)CCO1. The van der Waals surface area contributed by atoms with Crippen LogP contribution in [-0.2, 0) is 20.7 Å². The van der Waals surface area contributed by atoms with Crippen molar-refractivity contribution < 1.29 is 14.3 Å². The molecule has 3 heterocycles. The molecular formula is C15H17N3O3S. The third-order valence-electron chi connectivity index (χ3n) is 3.42. The van der Waals surface area contributed by atoms with Crippen LogP contribution in [0.15, 0.2) is 29.8 Å². The number of nitrogens with zero attached hydrogens (tertiary/aromatic N) is 3. The smallest absolute Gasteiger partial charge is 0.228 e. The first-order chi connectivity index (χ1) is 10.8. The van der Waals surface area contributed by atoms with Gasteiger partial charge in [0, 0.05) is 25.2 Å². The van der Waals surface area contributed by atoms with E-state index in [0.29, 0.717) is 26.1 Å². The lowest BCUT2D eigenvalue weighted by molar-refractivity contribution is -0.174. The summed E-state index contributed by atoms with van der Waals surface area (Å²) in [6, 6.07) is 5.70. The van der Waals surface area contributed by atoms with Crippen molar-refractivity contribution in [2.24, 2.45) is 0 Å². The summed E-state index contributed by atoms with van der Waals surface area (Å²) in [6.07, 6.45) is 1.69. The predicted octanol–water partition coefficient (Wildman–Crippen LogP) is 1.58. The fraction of sp³-hybridized carbons (Fsp3) is 0.400. The molecule has 1 saturated heterocycles. The largest absolute Gasteiger partial charge is 0.354 e. The van der Waals surface area contributed by atoms with Gasteiger partial charge in [-0.2, -0.15) is 0 Å². The maximum absolute atomic E-state index is 12.3. The van der Waals surface area contributed by atoms with Gasteiger partial charge in [-0.25, -0.2) is 4.98 Å². The summed E-state index contributed by atoms with van der Waals surface area (Å²) in [4.78, 5) is 22.9. The Balaban J connectivity index is 1.64. The van der Waals surface area contributed by atoms with Crippen molar-refractivity contribution in [3.63, 3.8) is 0 Å². The molecule has 0 spiro atoms. The lowest BCUT2D eigenvalue weighted by Crippen LogP contribution is -2.46. The van der Waals surface area contributed by atoms with Crippen LogP contribution in [0.1, 0.15) is 5.69 Å². The van der Waals surface area contributed by atoms with E-state index in [-0.39, 0.29) is 12.2 Å². The number of carbonyl (C=O) groups is 1. The highest BCUT2D eigenvalue weighted by atomic mass is 32.1. The monoisotopic (exact) mass is 319 g/mol. The van der Waals surface area contributed by atoms with Crippen molar-refractivity contribution in [1.82, 2.24) is 14.9 Å². The molecule has 0 radical (unpaired) electrons. The molecular weight excluding hydrogens is 302 g/mol. The molecule has 0 saturated carbocycles. The van der Waals surface area contributed by atoms with E-state index in [0.717, 1.165) is 16.4 Å². The molecule has 6 nitrogen and oxygen atoms in total. The Morgan fingerprint density at radius 2 is 2.45 bits per heavy atom. The van der Waals surface area contributed by atoms with Gasteiger partial charge in [0.05, 0.1) is 31.0 Å². The van der Waals surface area contributed by atoms with Gasteiger partial charge in [0.25, 0.3) is 0 Å². The molecule has 2 aromatic rings. The Morgan fingerprint density at radius 1 is 1.55 bits per heavy atom. The minimum Gasteiger partial charge on any atom is -0.354 e. The molecule has 0 bridgehead atoms. The van der Waals surface area contributed by atoms with E-state index >= 15 is 0 Å². The fourth-order valence-corrected chi connectivity index (χ4v) is 3.04. The third-order valence-corrected chi connectivity index (χ3v) is 4.33. The van der Waals surface area contributed by atoms with E-state index < -0.39 is 0 Å². The second-order valence-electron chi connectivity index (χ2n) is 4.91. The molecule has 0 unspecified atom stereocenters. The highest BCUT2D eigenvalue weighted by molar-refractivity contribution is 7.13. The minimum atomic E-state index is -0.336. The first-order valence-electron chi connectivity index (χ1n) is 7.04. The summed E-state index contributed by atoms with van der Waals surface area (Å²) in [5.74, 6) is 0.0446. The lowest BCUT2D eigenvalue weighted by atomic mass is 10.2.